The van der Waals surface area contributed by atoms with Gasteiger partial charge in [-0.3, -0.25) is 0 Å². The number of likely N-dealkylation sites (N-methyl/N-ethyl adjacent to an activating group) is 1. The lowest BCUT2D eigenvalue weighted by Crippen LogP contribution is -2.45. The lowest BCUT2D eigenvalue weighted by atomic mass is 10.1. The molecule has 0 amide bonds. The molecular formula is C9H18N4O. The van der Waals surface area contributed by atoms with Gasteiger partial charge in [-0.25, -0.2) is 0 Å². The fraction of sp³-hybridized carbons (Fsp3) is 0.778. The number of nitrogens with one attached hydrogen (secondary N) is 2. The zero-order valence-corrected chi connectivity index (χ0v) is 9.22. The van der Waals surface area contributed by atoms with Crippen LogP contribution in [0.25, 0.3) is 0 Å². The topological polar surface area (TPSA) is 63.0 Å². The molecule has 80 valence electrons. The predicted molar refractivity (Wildman–Crippen MR) is 53.9 cm³/mol. The second kappa shape index (κ2) is 4.52. The van der Waals surface area contributed by atoms with Crippen LogP contribution in [-0.2, 0) is 6.54 Å². The fourth-order valence-corrected chi connectivity index (χ4v) is 0.982. The summed E-state index contributed by atoms with van der Waals surface area (Å²) in [7, 11) is 1.94. The quantitative estimate of drug-likeness (QED) is 0.720. The molecule has 0 saturated carbocycles. The molecule has 1 aromatic rings. The molecule has 5 nitrogen and oxygen atoms in total. The molecule has 0 aliphatic carbocycles. The maximum Gasteiger partial charge on any atom is 0.240 e. The van der Waals surface area contributed by atoms with Crippen molar-refractivity contribution in [2.24, 2.45) is 0 Å². The van der Waals surface area contributed by atoms with Gasteiger partial charge in [-0.15, -0.1) is 0 Å². The molecule has 0 aliphatic heterocycles. The van der Waals surface area contributed by atoms with Crippen molar-refractivity contribution in [2.75, 3.05) is 13.6 Å². The molecule has 0 bridgehead atoms. The van der Waals surface area contributed by atoms with Crippen LogP contribution < -0.4 is 10.6 Å². The molecule has 0 radical (unpaired) electrons. The van der Waals surface area contributed by atoms with Gasteiger partial charge in [0.15, 0.2) is 5.82 Å². The Labute approximate surface area is 84.3 Å². The maximum atomic E-state index is 4.97. The summed E-state index contributed by atoms with van der Waals surface area (Å²) in [6.45, 7) is 7.53. The van der Waals surface area contributed by atoms with Gasteiger partial charge in [0.2, 0.25) is 5.89 Å². The Morgan fingerprint density at radius 2 is 2.14 bits per heavy atom. The number of hydrogen-bond acceptors (Lipinski definition) is 5. The first-order chi connectivity index (χ1) is 6.53. The first-order valence-corrected chi connectivity index (χ1v) is 4.72. The Bertz CT molecular complexity index is 282. The predicted octanol–water partition coefficient (Wildman–Crippen LogP) is 0.466. The average molecular weight is 198 g/mol. The van der Waals surface area contributed by atoms with Crippen LogP contribution in [0.3, 0.4) is 0 Å². The summed E-state index contributed by atoms with van der Waals surface area (Å²) in [6, 6.07) is 0. The van der Waals surface area contributed by atoms with Crippen LogP contribution in [0.1, 0.15) is 25.6 Å². The van der Waals surface area contributed by atoms with Crippen LogP contribution in [0.2, 0.25) is 0 Å². The Kier molecular flexibility index (Phi) is 3.60. The monoisotopic (exact) mass is 198 g/mol. The second-order valence-electron chi connectivity index (χ2n) is 3.97. The Balaban J connectivity index is 2.28. The van der Waals surface area contributed by atoms with E-state index < -0.39 is 0 Å². The summed E-state index contributed by atoms with van der Waals surface area (Å²) in [4.78, 5) is 4.10. The van der Waals surface area contributed by atoms with E-state index in [9.17, 15) is 0 Å². The van der Waals surface area contributed by atoms with Crippen LogP contribution in [0, 0.1) is 6.92 Å². The third-order valence-electron chi connectivity index (χ3n) is 2.09. The minimum Gasteiger partial charge on any atom is -0.338 e. The van der Waals surface area contributed by atoms with E-state index in [0.717, 1.165) is 6.54 Å². The number of aryl methyl sites for hydroxylation is 1. The molecule has 0 atom stereocenters. The van der Waals surface area contributed by atoms with E-state index in [1.54, 1.807) is 0 Å². The Morgan fingerprint density at radius 1 is 1.43 bits per heavy atom. The van der Waals surface area contributed by atoms with Crippen molar-refractivity contribution in [3.63, 3.8) is 0 Å². The van der Waals surface area contributed by atoms with Gasteiger partial charge in [0.1, 0.15) is 0 Å². The van der Waals surface area contributed by atoms with Crippen LogP contribution in [0.15, 0.2) is 4.52 Å². The highest BCUT2D eigenvalue weighted by Crippen LogP contribution is 1.99. The first kappa shape index (κ1) is 11.1. The van der Waals surface area contributed by atoms with Crippen molar-refractivity contribution < 1.29 is 4.52 Å². The average Bonchev–Trinajstić information content (AvgIpc) is 2.51. The fourth-order valence-electron chi connectivity index (χ4n) is 0.982. The van der Waals surface area contributed by atoms with Gasteiger partial charge in [-0.2, -0.15) is 4.98 Å². The summed E-state index contributed by atoms with van der Waals surface area (Å²) in [5.74, 6) is 1.31. The molecule has 0 aromatic carbocycles. The lowest BCUT2D eigenvalue weighted by Gasteiger charge is -2.23. The Morgan fingerprint density at radius 3 is 2.64 bits per heavy atom. The van der Waals surface area contributed by atoms with E-state index in [4.69, 9.17) is 4.52 Å². The summed E-state index contributed by atoms with van der Waals surface area (Å²) in [6.07, 6.45) is 0. The summed E-state index contributed by atoms with van der Waals surface area (Å²) in [5, 5.41) is 10.2. The maximum absolute atomic E-state index is 4.97. The molecule has 1 rings (SSSR count). The van der Waals surface area contributed by atoms with Crippen molar-refractivity contribution in [3.8, 4) is 0 Å². The van der Waals surface area contributed by atoms with Gasteiger partial charge in [0.25, 0.3) is 0 Å². The van der Waals surface area contributed by atoms with Crippen molar-refractivity contribution >= 4 is 0 Å². The minimum atomic E-state index is 0.0784. The van der Waals surface area contributed by atoms with E-state index >= 15 is 0 Å². The molecule has 1 aromatic heterocycles. The molecule has 0 unspecified atom stereocenters. The molecule has 2 N–H and O–H groups in total. The van der Waals surface area contributed by atoms with E-state index in [0.29, 0.717) is 18.3 Å². The number of aromatic nitrogens is 2. The molecular weight excluding hydrogens is 180 g/mol. The molecule has 5 heteroatoms. The van der Waals surface area contributed by atoms with Crippen LogP contribution >= 0.6 is 0 Å². The third-order valence-corrected chi connectivity index (χ3v) is 2.09. The molecule has 0 spiro atoms. The van der Waals surface area contributed by atoms with Gasteiger partial charge < -0.3 is 15.2 Å². The van der Waals surface area contributed by atoms with E-state index in [1.165, 1.54) is 0 Å². The third kappa shape index (κ3) is 3.43. The minimum absolute atomic E-state index is 0.0784. The highest BCUT2D eigenvalue weighted by atomic mass is 16.5. The normalized spacial score (nSPS) is 12.0. The van der Waals surface area contributed by atoms with E-state index in [1.807, 2.05) is 14.0 Å². The molecule has 0 saturated heterocycles. The molecule has 1 heterocycles. The molecule has 0 aliphatic rings. The van der Waals surface area contributed by atoms with Gasteiger partial charge in [0, 0.05) is 12.1 Å². The van der Waals surface area contributed by atoms with Crippen LogP contribution in [0.4, 0.5) is 0 Å². The zero-order chi connectivity index (χ0) is 10.6. The van der Waals surface area contributed by atoms with Gasteiger partial charge in [-0.1, -0.05) is 5.16 Å². The largest absolute Gasteiger partial charge is 0.338 e. The van der Waals surface area contributed by atoms with Crippen molar-refractivity contribution in [1.82, 2.24) is 20.8 Å². The van der Waals surface area contributed by atoms with E-state index in [-0.39, 0.29) is 5.54 Å². The summed E-state index contributed by atoms with van der Waals surface area (Å²) in [5.41, 5.74) is 0.0784. The SMILES string of the molecule is CNC(C)(C)CNCc1nc(C)no1. The number of rotatable bonds is 5. The van der Waals surface area contributed by atoms with Crippen LogP contribution in [-0.4, -0.2) is 29.3 Å². The molecule has 14 heavy (non-hydrogen) atoms. The smallest absolute Gasteiger partial charge is 0.240 e. The highest BCUT2D eigenvalue weighted by Gasteiger charge is 2.14. The standard InChI is InChI=1S/C9H18N4O/c1-7-12-8(14-13-7)5-11-6-9(2,3)10-4/h10-11H,5-6H2,1-4H3. The highest BCUT2D eigenvalue weighted by molar-refractivity contribution is 4.84. The molecule has 0 fully saturated rings. The van der Waals surface area contributed by atoms with Crippen molar-refractivity contribution in [3.05, 3.63) is 11.7 Å². The van der Waals surface area contributed by atoms with Crippen LogP contribution in [0.5, 0.6) is 0 Å². The zero-order valence-electron chi connectivity index (χ0n) is 9.22. The van der Waals surface area contributed by atoms with Crippen molar-refractivity contribution in [2.45, 2.75) is 32.9 Å². The second-order valence-corrected chi connectivity index (χ2v) is 3.97. The van der Waals surface area contributed by atoms with Gasteiger partial charge in [0.05, 0.1) is 6.54 Å². The van der Waals surface area contributed by atoms with Gasteiger partial charge in [-0.05, 0) is 27.8 Å². The number of nitrogens with zero attached hydrogens (tertiary/aromatic N) is 2. The summed E-state index contributed by atoms with van der Waals surface area (Å²) < 4.78 is 4.97. The van der Waals surface area contributed by atoms with E-state index in [2.05, 4.69) is 34.6 Å². The number of hydrogen-bond donors (Lipinski definition) is 2. The van der Waals surface area contributed by atoms with Gasteiger partial charge >= 0.3 is 0 Å². The lowest BCUT2D eigenvalue weighted by molar-refractivity contribution is 0.343. The Hall–Kier alpha value is -0.940. The van der Waals surface area contributed by atoms with Crippen molar-refractivity contribution in [1.29, 1.82) is 0 Å². The summed E-state index contributed by atoms with van der Waals surface area (Å²) >= 11 is 0. The first-order valence-electron chi connectivity index (χ1n) is 4.72.